The van der Waals surface area contributed by atoms with Crippen molar-refractivity contribution >= 4 is 34.1 Å². The molecule has 0 amide bonds. The van der Waals surface area contributed by atoms with Gasteiger partial charge in [0.05, 0.1) is 11.1 Å². The highest BCUT2D eigenvalue weighted by Gasteiger charge is 2.52. The van der Waals surface area contributed by atoms with Gasteiger partial charge in [-0.25, -0.2) is 0 Å². The summed E-state index contributed by atoms with van der Waals surface area (Å²) in [5.74, 6) is 0. The summed E-state index contributed by atoms with van der Waals surface area (Å²) in [5.41, 5.74) is 33.5. The Hall–Kier alpha value is -11.3. The number of hydrogen-bond acceptors (Lipinski definition) is 2. The van der Waals surface area contributed by atoms with Crippen LogP contribution in [0.3, 0.4) is 0 Å². The van der Waals surface area contributed by atoms with Crippen molar-refractivity contribution in [3.63, 3.8) is 0 Å². The normalized spacial score (nSPS) is 14.2. The highest BCUT2D eigenvalue weighted by atomic mass is 15.1. The molecule has 0 aliphatic heterocycles. The van der Waals surface area contributed by atoms with Crippen LogP contribution in [0, 0.1) is 0 Å². The molecule has 17 rings (SSSR count). The van der Waals surface area contributed by atoms with Crippen molar-refractivity contribution < 1.29 is 0 Å². The minimum atomic E-state index is -0.568. The molecule has 14 aromatic carbocycles. The van der Waals surface area contributed by atoms with Gasteiger partial charge in [-0.05, 0) is 190 Å². The van der Waals surface area contributed by atoms with Gasteiger partial charge in [0.1, 0.15) is 0 Å². The van der Waals surface area contributed by atoms with Gasteiger partial charge >= 0.3 is 0 Å². The van der Waals surface area contributed by atoms with E-state index in [2.05, 4.69) is 363 Å². The second-order valence-electron chi connectivity index (χ2n) is 24.7. The SMILES string of the molecule is CC1(C)c2ccccc2-c2ccc(N(c3ccc(-c4ccccc4)cc3)c3cccc4c3-c3ccccc3C43c4ccccc4-c4cc(-c5ccccc5-c5ccc(N(c6ccc(-c7ccccc7)cc6)c6ccc(-c7ccccc7)cc6)cc5)ccc43)cc21. The lowest BCUT2D eigenvalue weighted by Gasteiger charge is -2.32. The van der Waals surface area contributed by atoms with Gasteiger partial charge in [-0.2, -0.15) is 0 Å². The van der Waals surface area contributed by atoms with E-state index in [1.54, 1.807) is 0 Å². The first kappa shape index (κ1) is 53.0. The van der Waals surface area contributed by atoms with Crippen LogP contribution in [0.2, 0.25) is 0 Å². The fraction of sp³-hybridized carbons (Fsp3) is 0.0455. The van der Waals surface area contributed by atoms with Gasteiger partial charge in [-0.15, -0.1) is 0 Å². The molecule has 0 N–H and O–H groups in total. The van der Waals surface area contributed by atoms with Crippen molar-refractivity contribution in [2.24, 2.45) is 0 Å². The Morgan fingerprint density at radius 1 is 0.200 bits per heavy atom. The van der Waals surface area contributed by atoms with E-state index in [-0.39, 0.29) is 5.41 Å². The van der Waals surface area contributed by atoms with Gasteiger partial charge < -0.3 is 9.80 Å². The van der Waals surface area contributed by atoms with Crippen LogP contribution in [0.4, 0.5) is 34.1 Å². The molecule has 0 bridgehead atoms. The molecular weight excluding hydrogens is 1080 g/mol. The Labute approximate surface area is 527 Å². The first-order valence-electron chi connectivity index (χ1n) is 31.4. The molecule has 0 aromatic heterocycles. The second-order valence-corrected chi connectivity index (χ2v) is 24.7. The van der Waals surface area contributed by atoms with Crippen LogP contribution < -0.4 is 9.80 Å². The Kier molecular flexibility index (Phi) is 12.5. The third-order valence-electron chi connectivity index (χ3n) is 19.5. The standard InChI is InChI=1S/C88H62N2/c1-87(2)79-32-17-14-29-74(79)76-55-54-71(58-84(76)87)90(70-50-41-64(42-51-70)61-25-10-5-11-26-61)85-36-20-35-83-86(85)77-31-16-19-34-81(77)88(83)80-33-18-15-30-75(80)78-57-66(45-56-82(78)88)73-28-13-12-27-72(73)65-43-52-69(53-44-65)89(67-46-37-62(38-47-67)59-21-6-3-7-22-59)68-48-39-63(40-49-68)60-23-8-4-9-24-60/h3-58H,1-2H3. The number of hydrogen-bond donors (Lipinski definition) is 0. The van der Waals surface area contributed by atoms with Gasteiger partial charge in [0.15, 0.2) is 0 Å². The Balaban J connectivity index is 0.773. The topological polar surface area (TPSA) is 6.48 Å². The zero-order chi connectivity index (χ0) is 59.9. The van der Waals surface area contributed by atoms with Crippen molar-refractivity contribution in [2.45, 2.75) is 24.7 Å². The van der Waals surface area contributed by atoms with E-state index in [1.807, 2.05) is 0 Å². The first-order chi connectivity index (χ1) is 44.4. The van der Waals surface area contributed by atoms with Crippen LogP contribution in [0.5, 0.6) is 0 Å². The molecule has 3 aliphatic rings. The monoisotopic (exact) mass is 1150 g/mol. The van der Waals surface area contributed by atoms with Gasteiger partial charge in [0, 0.05) is 39.4 Å². The molecule has 1 spiro atoms. The first-order valence-corrected chi connectivity index (χ1v) is 31.4. The highest BCUT2D eigenvalue weighted by molar-refractivity contribution is 6.02. The van der Waals surface area contributed by atoms with Crippen LogP contribution in [-0.4, -0.2) is 0 Å². The average molecular weight is 1150 g/mol. The van der Waals surface area contributed by atoms with E-state index in [0.29, 0.717) is 0 Å². The third kappa shape index (κ3) is 8.40. The zero-order valence-corrected chi connectivity index (χ0v) is 50.2. The number of benzene rings is 14. The number of rotatable bonds is 11. The van der Waals surface area contributed by atoms with Crippen molar-refractivity contribution in [1.82, 2.24) is 0 Å². The van der Waals surface area contributed by atoms with E-state index in [4.69, 9.17) is 0 Å². The van der Waals surface area contributed by atoms with Gasteiger partial charge in [-0.3, -0.25) is 0 Å². The summed E-state index contributed by atoms with van der Waals surface area (Å²) in [7, 11) is 0. The lowest BCUT2D eigenvalue weighted by atomic mass is 9.70. The van der Waals surface area contributed by atoms with Crippen molar-refractivity contribution in [3.05, 3.63) is 373 Å². The summed E-state index contributed by atoms with van der Waals surface area (Å²) in [4.78, 5) is 4.89. The van der Waals surface area contributed by atoms with Crippen LogP contribution in [0.25, 0.3) is 89.0 Å². The summed E-state index contributed by atoms with van der Waals surface area (Å²) in [6.07, 6.45) is 0. The van der Waals surface area contributed by atoms with E-state index >= 15 is 0 Å². The van der Waals surface area contributed by atoms with Crippen molar-refractivity contribution in [1.29, 1.82) is 0 Å². The Morgan fingerprint density at radius 3 is 1.09 bits per heavy atom. The summed E-state index contributed by atoms with van der Waals surface area (Å²) >= 11 is 0. The molecule has 0 saturated carbocycles. The van der Waals surface area contributed by atoms with Crippen molar-refractivity contribution in [2.75, 3.05) is 9.80 Å². The largest absolute Gasteiger partial charge is 0.311 e. The molecule has 0 heterocycles. The fourth-order valence-electron chi connectivity index (χ4n) is 15.3. The quantitative estimate of drug-likeness (QED) is 0.127. The summed E-state index contributed by atoms with van der Waals surface area (Å²) < 4.78 is 0. The van der Waals surface area contributed by atoms with Crippen LogP contribution in [-0.2, 0) is 10.8 Å². The lowest BCUT2D eigenvalue weighted by Crippen LogP contribution is -2.26. The van der Waals surface area contributed by atoms with Crippen LogP contribution in [0.15, 0.2) is 340 Å². The maximum Gasteiger partial charge on any atom is 0.0726 e. The predicted octanol–water partition coefficient (Wildman–Crippen LogP) is 23.6. The molecule has 3 aliphatic carbocycles. The highest BCUT2D eigenvalue weighted by Crippen LogP contribution is 2.65. The van der Waals surface area contributed by atoms with Gasteiger partial charge in [0.2, 0.25) is 0 Å². The minimum absolute atomic E-state index is 0.169. The molecule has 14 aromatic rings. The Bertz CT molecular complexity index is 4960. The number of nitrogens with zero attached hydrogens (tertiary/aromatic N) is 2. The summed E-state index contributed by atoms with van der Waals surface area (Å²) in [6.45, 7) is 4.76. The van der Waals surface area contributed by atoms with Gasteiger partial charge in [-0.1, -0.05) is 281 Å². The maximum absolute atomic E-state index is 2.53. The Morgan fingerprint density at radius 2 is 0.556 bits per heavy atom. The van der Waals surface area contributed by atoms with Gasteiger partial charge in [0.25, 0.3) is 0 Å². The summed E-state index contributed by atoms with van der Waals surface area (Å²) in [6, 6.07) is 126. The fourth-order valence-corrected chi connectivity index (χ4v) is 15.3. The van der Waals surface area contributed by atoms with Crippen molar-refractivity contribution in [3.8, 4) is 89.0 Å². The van der Waals surface area contributed by atoms with Crippen LogP contribution in [0.1, 0.15) is 47.2 Å². The smallest absolute Gasteiger partial charge is 0.0726 e. The van der Waals surface area contributed by atoms with E-state index in [9.17, 15) is 0 Å². The maximum atomic E-state index is 2.53. The molecular formula is C88H62N2. The van der Waals surface area contributed by atoms with Crippen LogP contribution >= 0.6 is 0 Å². The second kappa shape index (κ2) is 21.2. The number of anilines is 6. The minimum Gasteiger partial charge on any atom is -0.311 e. The molecule has 2 heteroatoms. The third-order valence-corrected chi connectivity index (χ3v) is 19.5. The molecule has 1 unspecified atom stereocenters. The molecule has 0 fully saturated rings. The molecule has 2 nitrogen and oxygen atoms in total. The lowest BCUT2D eigenvalue weighted by molar-refractivity contribution is 0.660. The van der Waals surface area contributed by atoms with E-state index < -0.39 is 5.41 Å². The zero-order valence-electron chi connectivity index (χ0n) is 50.2. The summed E-state index contributed by atoms with van der Waals surface area (Å²) in [5, 5.41) is 0. The predicted molar refractivity (Wildman–Crippen MR) is 377 cm³/mol. The molecule has 0 radical (unpaired) electrons. The molecule has 1 atom stereocenters. The number of fused-ring (bicyclic) bond motifs is 13. The average Bonchev–Trinajstić information content (AvgIpc) is 1.51. The van der Waals surface area contributed by atoms with E-state index in [1.165, 1.54) is 117 Å². The molecule has 90 heavy (non-hydrogen) atoms. The molecule has 0 saturated heterocycles. The van der Waals surface area contributed by atoms with E-state index in [0.717, 1.165) is 39.7 Å². The molecule has 424 valence electrons.